The van der Waals surface area contributed by atoms with Crippen LogP contribution in [0.5, 0.6) is 0 Å². The van der Waals surface area contributed by atoms with Gasteiger partial charge in [0.1, 0.15) is 0 Å². The summed E-state index contributed by atoms with van der Waals surface area (Å²) in [7, 11) is 0. The molecule has 6 nitrogen and oxygen atoms in total. The summed E-state index contributed by atoms with van der Waals surface area (Å²) in [4.78, 5) is 9.71. The second kappa shape index (κ2) is 4.20. The Morgan fingerprint density at radius 2 is 2.08 bits per heavy atom. The molecule has 1 rings (SSSR count). The molecular weight excluding hydrogens is 245 g/mol. The molecule has 1 N–H and O–H groups in total. The van der Waals surface area contributed by atoms with Crippen molar-refractivity contribution in [3.05, 3.63) is 34.4 Å². The summed E-state index contributed by atoms with van der Waals surface area (Å²) >= 11 is -3.14. The topological polar surface area (TPSA) is 89.7 Å². The van der Waals surface area contributed by atoms with Crippen molar-refractivity contribution in [3.8, 4) is 0 Å². The van der Waals surface area contributed by atoms with Gasteiger partial charge in [0, 0.05) is 0 Å². The summed E-state index contributed by atoms with van der Waals surface area (Å²) in [5.74, 6) is 0. The van der Waals surface area contributed by atoms with Crippen LogP contribution in [-0.2, 0) is 7.80 Å². The molecule has 0 heterocycles. The van der Waals surface area contributed by atoms with Crippen LogP contribution in [0.4, 0.5) is 5.69 Å². The van der Waals surface area contributed by atoms with Crippen LogP contribution in [-0.4, -0.2) is 24.3 Å². The van der Waals surface area contributed by atoms with E-state index in [2.05, 4.69) is 3.97 Å². The molecule has 0 aliphatic heterocycles. The van der Waals surface area contributed by atoms with E-state index in [-0.39, 0.29) is 10.1 Å². The molecule has 7 heteroatoms. The van der Waals surface area contributed by atoms with E-state index in [4.69, 9.17) is 5.26 Å². The third-order valence-electron chi connectivity index (χ3n) is 1.31. The van der Waals surface area contributed by atoms with Crippen molar-refractivity contribution in [2.45, 2.75) is 0 Å². The van der Waals surface area contributed by atoms with Crippen LogP contribution in [0.25, 0.3) is 0 Å². The summed E-state index contributed by atoms with van der Waals surface area (Å²) in [6, 6.07) is 5.41. The zero-order valence-corrected chi connectivity index (χ0v) is 7.96. The first-order chi connectivity index (χ1) is 6.16. The maximum atomic E-state index is 11.0. The zero-order valence-electron chi connectivity index (χ0n) is 6.25. The van der Waals surface area contributed by atoms with E-state index in [1.807, 2.05) is 0 Å². The van der Waals surface area contributed by atoms with Gasteiger partial charge in [0.2, 0.25) is 0 Å². The predicted octanol–water partition coefficient (Wildman–Crippen LogP) is 0.210. The predicted molar refractivity (Wildman–Crippen MR) is 42.9 cm³/mol. The normalized spacial score (nSPS) is 12.4. The van der Waals surface area contributed by atoms with Crippen molar-refractivity contribution < 1.29 is 18.0 Å². The number of hydrogen-bond acceptors (Lipinski definition) is 5. The van der Waals surface area contributed by atoms with Crippen LogP contribution in [0.3, 0.4) is 0 Å². The second-order valence-corrected chi connectivity index (χ2v) is 4.25. The molecule has 0 fully saturated rings. The van der Waals surface area contributed by atoms with Gasteiger partial charge < -0.3 is 0 Å². The van der Waals surface area contributed by atoms with Gasteiger partial charge in [-0.05, 0) is 0 Å². The van der Waals surface area contributed by atoms with E-state index in [0.717, 1.165) is 0 Å². The minimum atomic E-state index is -3.14. The molecule has 0 saturated carbocycles. The standard InChI is InChI=1S/C6H5NO5Se/c8-7(9)5-3-1-2-4-6(5)13(11)12-10/h1-4,10H. The fourth-order valence-corrected chi connectivity index (χ4v) is 2.01. The van der Waals surface area contributed by atoms with Gasteiger partial charge in [0.05, 0.1) is 0 Å². The summed E-state index contributed by atoms with van der Waals surface area (Å²) in [5.41, 5.74) is -0.309. The third-order valence-corrected chi connectivity index (χ3v) is 3.07. The van der Waals surface area contributed by atoms with Crippen LogP contribution in [0.1, 0.15) is 0 Å². The maximum absolute atomic E-state index is 11.0. The molecule has 70 valence electrons. The van der Waals surface area contributed by atoms with Gasteiger partial charge >= 0.3 is 76.7 Å². The van der Waals surface area contributed by atoms with Gasteiger partial charge in [-0.15, -0.1) is 0 Å². The van der Waals surface area contributed by atoms with Crippen LogP contribution in [0.15, 0.2) is 24.3 Å². The average Bonchev–Trinajstić information content (AvgIpc) is 2.16. The fourth-order valence-electron chi connectivity index (χ4n) is 0.789. The Bertz CT molecular complexity index is 353. The molecule has 1 aromatic rings. The first-order valence-corrected chi connectivity index (χ1v) is 5.39. The first kappa shape index (κ1) is 9.94. The van der Waals surface area contributed by atoms with Gasteiger partial charge in [0.25, 0.3) is 0 Å². The Balaban J connectivity index is 3.19. The average molecular weight is 250 g/mol. The van der Waals surface area contributed by atoms with Crippen LogP contribution < -0.4 is 4.46 Å². The molecule has 0 radical (unpaired) electrons. The third kappa shape index (κ3) is 2.16. The van der Waals surface area contributed by atoms with Crippen LogP contribution in [0, 0.1) is 10.1 Å². The summed E-state index contributed by atoms with van der Waals surface area (Å²) in [6.07, 6.45) is 0. The molecule has 0 bridgehead atoms. The molecule has 0 aliphatic carbocycles. The van der Waals surface area contributed by atoms with Gasteiger partial charge in [-0.3, -0.25) is 0 Å². The zero-order chi connectivity index (χ0) is 9.84. The van der Waals surface area contributed by atoms with E-state index in [1.165, 1.54) is 24.3 Å². The van der Waals surface area contributed by atoms with Gasteiger partial charge in [-0.25, -0.2) is 0 Å². The monoisotopic (exact) mass is 251 g/mol. The minimum absolute atomic E-state index is 0.0741. The van der Waals surface area contributed by atoms with Crippen LogP contribution in [0.2, 0.25) is 0 Å². The van der Waals surface area contributed by atoms with Crippen molar-refractivity contribution in [1.29, 1.82) is 0 Å². The number of benzene rings is 1. The van der Waals surface area contributed by atoms with Gasteiger partial charge in [-0.2, -0.15) is 0 Å². The van der Waals surface area contributed by atoms with Crippen molar-refractivity contribution >= 4 is 24.3 Å². The number of nitrogens with zero attached hydrogens (tertiary/aromatic N) is 1. The summed E-state index contributed by atoms with van der Waals surface area (Å²) in [6.45, 7) is 0. The Kier molecular flexibility index (Phi) is 3.21. The molecule has 1 unspecified atom stereocenters. The molecule has 0 saturated heterocycles. The Labute approximate surface area is 77.2 Å². The van der Waals surface area contributed by atoms with Crippen molar-refractivity contribution in [2.75, 3.05) is 0 Å². The van der Waals surface area contributed by atoms with E-state index in [9.17, 15) is 13.9 Å². The number of nitro benzene ring substituents is 1. The van der Waals surface area contributed by atoms with Crippen molar-refractivity contribution in [2.24, 2.45) is 0 Å². The molecule has 0 spiro atoms. The molecule has 0 aromatic heterocycles. The number of nitro groups is 1. The van der Waals surface area contributed by atoms with Gasteiger partial charge in [-0.1, -0.05) is 0 Å². The summed E-state index contributed by atoms with van der Waals surface area (Å²) < 4.78 is 14.5. The molecule has 1 aromatic carbocycles. The summed E-state index contributed by atoms with van der Waals surface area (Å²) in [5, 5.41) is 18.5. The Morgan fingerprint density at radius 1 is 1.46 bits per heavy atom. The van der Waals surface area contributed by atoms with Gasteiger partial charge in [0.15, 0.2) is 0 Å². The van der Waals surface area contributed by atoms with E-state index in [0.29, 0.717) is 0 Å². The van der Waals surface area contributed by atoms with E-state index >= 15 is 0 Å². The number of hydrogen-bond donors (Lipinski definition) is 1. The molecular formula is C6H5NO5Se. The fraction of sp³-hybridized carbons (Fsp3) is 0. The molecule has 0 aliphatic rings. The molecule has 0 amide bonds. The SMILES string of the molecule is O=[N+]([O-])c1ccccc1[Se](=O)OO. The number of para-hydroxylation sites is 1. The van der Waals surface area contributed by atoms with E-state index < -0.39 is 19.1 Å². The van der Waals surface area contributed by atoms with Crippen molar-refractivity contribution in [3.63, 3.8) is 0 Å². The first-order valence-electron chi connectivity index (χ1n) is 3.14. The molecule has 1 atom stereocenters. The second-order valence-electron chi connectivity index (χ2n) is 2.03. The number of rotatable bonds is 3. The van der Waals surface area contributed by atoms with Crippen LogP contribution >= 0.6 is 0 Å². The Morgan fingerprint density at radius 3 is 2.62 bits per heavy atom. The quantitative estimate of drug-likeness (QED) is 0.358. The Hall–Kier alpha value is -1.14. The van der Waals surface area contributed by atoms with E-state index in [1.54, 1.807) is 0 Å². The van der Waals surface area contributed by atoms with Crippen molar-refractivity contribution in [1.82, 2.24) is 0 Å². The molecule has 13 heavy (non-hydrogen) atoms.